The minimum atomic E-state index is 0.195. The largest absolute Gasteiger partial charge is 0.351 e. The highest BCUT2D eigenvalue weighted by Crippen LogP contribution is 2.39. The average molecular weight is 209 g/mol. The molecule has 2 rings (SSSR count). The van der Waals surface area contributed by atoms with Crippen molar-refractivity contribution in [1.29, 1.82) is 0 Å². The molecular formula is C13H23NO. The predicted octanol–water partition coefficient (Wildman–Crippen LogP) is 2.87. The van der Waals surface area contributed by atoms with Crippen LogP contribution in [0.1, 0.15) is 58.8 Å². The smallest absolute Gasteiger partial charge is 0.220 e. The fraction of sp³-hybridized carbons (Fsp3) is 0.923. The van der Waals surface area contributed by atoms with E-state index in [9.17, 15) is 4.79 Å². The van der Waals surface area contributed by atoms with E-state index in [0.29, 0.717) is 0 Å². The van der Waals surface area contributed by atoms with Crippen LogP contribution in [0, 0.1) is 11.8 Å². The van der Waals surface area contributed by atoms with Gasteiger partial charge in [-0.25, -0.2) is 0 Å². The molecule has 2 heteroatoms. The number of rotatable bonds is 1. The summed E-state index contributed by atoms with van der Waals surface area (Å²) in [6.07, 6.45) is 8.08. The van der Waals surface area contributed by atoms with Crippen molar-refractivity contribution in [2.45, 2.75) is 64.3 Å². The van der Waals surface area contributed by atoms with E-state index in [4.69, 9.17) is 0 Å². The molecule has 1 N–H and O–H groups in total. The molecule has 0 aromatic carbocycles. The van der Waals surface area contributed by atoms with Gasteiger partial charge in [-0.1, -0.05) is 13.8 Å². The van der Waals surface area contributed by atoms with Gasteiger partial charge in [0, 0.05) is 12.0 Å². The fourth-order valence-electron chi connectivity index (χ4n) is 3.24. The molecule has 2 aliphatic rings. The van der Waals surface area contributed by atoms with Gasteiger partial charge in [0.2, 0.25) is 5.91 Å². The number of carbonyl (C=O) groups is 1. The van der Waals surface area contributed by atoms with Gasteiger partial charge in [-0.15, -0.1) is 0 Å². The Balaban J connectivity index is 1.93. The van der Waals surface area contributed by atoms with Crippen molar-refractivity contribution in [2.75, 3.05) is 0 Å². The molecule has 1 heterocycles. The van der Waals surface area contributed by atoms with Gasteiger partial charge in [0.25, 0.3) is 0 Å². The van der Waals surface area contributed by atoms with Crippen LogP contribution in [0.25, 0.3) is 0 Å². The highest BCUT2D eigenvalue weighted by Gasteiger charge is 2.38. The Kier molecular flexibility index (Phi) is 3.03. The first-order valence-corrected chi connectivity index (χ1v) is 6.42. The molecule has 0 atom stereocenters. The normalized spacial score (nSPS) is 37.0. The summed E-state index contributed by atoms with van der Waals surface area (Å²) >= 11 is 0. The maximum absolute atomic E-state index is 11.4. The highest BCUT2D eigenvalue weighted by atomic mass is 16.1. The molecule has 1 saturated heterocycles. The summed E-state index contributed by atoms with van der Waals surface area (Å²) < 4.78 is 0. The first-order valence-electron chi connectivity index (χ1n) is 6.42. The van der Waals surface area contributed by atoms with E-state index < -0.39 is 0 Å². The summed E-state index contributed by atoms with van der Waals surface area (Å²) in [6, 6.07) is 0. The third-order valence-corrected chi connectivity index (χ3v) is 4.39. The molecule has 2 fully saturated rings. The van der Waals surface area contributed by atoms with E-state index >= 15 is 0 Å². The Hall–Kier alpha value is -0.530. The zero-order chi connectivity index (χ0) is 10.9. The van der Waals surface area contributed by atoms with Crippen LogP contribution in [0.3, 0.4) is 0 Å². The van der Waals surface area contributed by atoms with Gasteiger partial charge >= 0.3 is 0 Å². The zero-order valence-corrected chi connectivity index (χ0v) is 10.0. The Morgan fingerprint density at radius 2 is 1.93 bits per heavy atom. The third kappa shape index (κ3) is 2.35. The lowest BCUT2D eigenvalue weighted by atomic mass is 9.70. The molecule has 0 aromatic heterocycles. The standard InChI is InChI=1S/C13H23NO/c1-10(2)11-5-8-13(9-6-11)7-3-4-12(15)14-13/h10-11H,3-9H2,1-2H3,(H,14,15). The molecule has 0 radical (unpaired) electrons. The number of carbonyl (C=O) groups excluding carboxylic acids is 1. The van der Waals surface area contributed by atoms with E-state index in [-0.39, 0.29) is 11.4 Å². The Bertz CT molecular complexity index is 239. The van der Waals surface area contributed by atoms with E-state index in [2.05, 4.69) is 19.2 Å². The zero-order valence-electron chi connectivity index (χ0n) is 10.0. The lowest BCUT2D eigenvalue weighted by Gasteiger charge is -2.44. The third-order valence-electron chi connectivity index (χ3n) is 4.39. The summed E-state index contributed by atoms with van der Waals surface area (Å²) in [5.41, 5.74) is 0.195. The minimum Gasteiger partial charge on any atom is -0.351 e. The first kappa shape index (κ1) is 11.0. The number of amides is 1. The van der Waals surface area contributed by atoms with Crippen LogP contribution in [0.15, 0.2) is 0 Å². The van der Waals surface area contributed by atoms with Gasteiger partial charge in [-0.3, -0.25) is 4.79 Å². The van der Waals surface area contributed by atoms with Gasteiger partial charge in [0.05, 0.1) is 0 Å². The van der Waals surface area contributed by atoms with Crippen molar-refractivity contribution < 1.29 is 4.79 Å². The Labute approximate surface area is 92.8 Å². The predicted molar refractivity (Wildman–Crippen MR) is 61.5 cm³/mol. The molecule has 0 bridgehead atoms. The number of hydrogen-bond donors (Lipinski definition) is 1. The summed E-state index contributed by atoms with van der Waals surface area (Å²) in [7, 11) is 0. The highest BCUT2D eigenvalue weighted by molar-refractivity contribution is 5.77. The molecule has 15 heavy (non-hydrogen) atoms. The topological polar surface area (TPSA) is 29.1 Å². The van der Waals surface area contributed by atoms with E-state index in [0.717, 1.165) is 24.7 Å². The van der Waals surface area contributed by atoms with Gasteiger partial charge in [0.1, 0.15) is 0 Å². The molecule has 1 spiro atoms. The van der Waals surface area contributed by atoms with Gasteiger partial charge in [-0.2, -0.15) is 0 Å². The second-order valence-electron chi connectivity index (χ2n) is 5.76. The molecule has 1 saturated carbocycles. The van der Waals surface area contributed by atoms with E-state index in [1.807, 2.05) is 0 Å². The first-order chi connectivity index (χ1) is 7.11. The Morgan fingerprint density at radius 3 is 2.47 bits per heavy atom. The van der Waals surface area contributed by atoms with Crippen LogP contribution in [0.4, 0.5) is 0 Å². The molecule has 1 aliphatic carbocycles. The summed E-state index contributed by atoms with van der Waals surface area (Å²) in [5, 5.41) is 3.25. The lowest BCUT2D eigenvalue weighted by Crippen LogP contribution is -2.53. The SMILES string of the molecule is CC(C)C1CCC2(CCCC(=O)N2)CC1. The van der Waals surface area contributed by atoms with Crippen LogP contribution in [-0.2, 0) is 4.79 Å². The van der Waals surface area contributed by atoms with Crippen molar-refractivity contribution >= 4 is 5.91 Å². The molecule has 2 nitrogen and oxygen atoms in total. The van der Waals surface area contributed by atoms with E-state index in [1.54, 1.807) is 0 Å². The molecule has 1 aliphatic heterocycles. The molecule has 1 amide bonds. The second kappa shape index (κ2) is 4.15. The number of hydrogen-bond acceptors (Lipinski definition) is 1. The monoisotopic (exact) mass is 209 g/mol. The lowest BCUT2D eigenvalue weighted by molar-refractivity contribution is -0.126. The van der Waals surface area contributed by atoms with Gasteiger partial charge in [0.15, 0.2) is 0 Å². The van der Waals surface area contributed by atoms with Gasteiger partial charge < -0.3 is 5.32 Å². The quantitative estimate of drug-likeness (QED) is 0.707. The van der Waals surface area contributed by atoms with E-state index in [1.165, 1.54) is 32.1 Å². The van der Waals surface area contributed by atoms with Crippen LogP contribution in [0.5, 0.6) is 0 Å². The summed E-state index contributed by atoms with van der Waals surface area (Å²) in [6.45, 7) is 4.64. The van der Waals surface area contributed by atoms with Crippen LogP contribution < -0.4 is 5.32 Å². The Morgan fingerprint density at radius 1 is 1.27 bits per heavy atom. The minimum absolute atomic E-state index is 0.195. The molecule has 86 valence electrons. The summed E-state index contributed by atoms with van der Waals surface area (Å²) in [4.78, 5) is 11.4. The van der Waals surface area contributed by atoms with Crippen molar-refractivity contribution in [3.8, 4) is 0 Å². The average Bonchev–Trinajstić information content (AvgIpc) is 2.18. The van der Waals surface area contributed by atoms with Crippen LogP contribution >= 0.6 is 0 Å². The summed E-state index contributed by atoms with van der Waals surface area (Å²) in [5.74, 6) is 1.97. The number of nitrogens with one attached hydrogen (secondary N) is 1. The van der Waals surface area contributed by atoms with Crippen LogP contribution in [0.2, 0.25) is 0 Å². The second-order valence-corrected chi connectivity index (χ2v) is 5.76. The van der Waals surface area contributed by atoms with Crippen molar-refractivity contribution in [3.63, 3.8) is 0 Å². The molecule has 0 aromatic rings. The molecular weight excluding hydrogens is 186 g/mol. The van der Waals surface area contributed by atoms with Crippen molar-refractivity contribution in [2.24, 2.45) is 11.8 Å². The van der Waals surface area contributed by atoms with Crippen LogP contribution in [-0.4, -0.2) is 11.4 Å². The number of piperidine rings is 1. The maximum Gasteiger partial charge on any atom is 0.220 e. The van der Waals surface area contributed by atoms with Gasteiger partial charge in [-0.05, 0) is 50.4 Å². The van der Waals surface area contributed by atoms with Crippen molar-refractivity contribution in [3.05, 3.63) is 0 Å². The molecule has 0 unspecified atom stereocenters. The van der Waals surface area contributed by atoms with Crippen molar-refractivity contribution in [1.82, 2.24) is 5.32 Å². The maximum atomic E-state index is 11.4. The fourth-order valence-corrected chi connectivity index (χ4v) is 3.24.